The summed E-state index contributed by atoms with van der Waals surface area (Å²) in [6.07, 6.45) is 4.83. The fourth-order valence-corrected chi connectivity index (χ4v) is 1.85. The van der Waals surface area contributed by atoms with Crippen molar-refractivity contribution in [2.24, 2.45) is 5.92 Å². The van der Waals surface area contributed by atoms with Crippen molar-refractivity contribution in [3.05, 3.63) is 40.9 Å². The average Bonchev–Trinajstić information content (AvgIpc) is 2.99. The molecule has 0 atom stereocenters. The van der Waals surface area contributed by atoms with Crippen LogP contribution < -0.4 is 0 Å². The number of hydrogen-bond acceptors (Lipinski definition) is 1. The van der Waals surface area contributed by atoms with Gasteiger partial charge in [-0.2, -0.15) is 0 Å². The SMILES string of the molecule is O=C/C=C(\c1ccccc1Cl)C1CC1. The standard InChI is InChI=1S/C12H11ClO/c13-12-4-2-1-3-11(12)10(7-8-14)9-5-6-9/h1-4,7-9H,5-6H2/b10-7-. The summed E-state index contributed by atoms with van der Waals surface area (Å²) in [6.45, 7) is 0. The number of halogens is 1. The molecular formula is C12H11ClO. The van der Waals surface area contributed by atoms with Crippen molar-refractivity contribution < 1.29 is 4.79 Å². The predicted molar refractivity (Wildman–Crippen MR) is 58.2 cm³/mol. The van der Waals surface area contributed by atoms with E-state index in [1.807, 2.05) is 24.3 Å². The van der Waals surface area contributed by atoms with E-state index in [4.69, 9.17) is 11.6 Å². The van der Waals surface area contributed by atoms with E-state index in [0.717, 1.165) is 22.4 Å². The van der Waals surface area contributed by atoms with Crippen LogP contribution in [0.25, 0.3) is 5.57 Å². The summed E-state index contributed by atoms with van der Waals surface area (Å²) in [5.41, 5.74) is 2.09. The van der Waals surface area contributed by atoms with E-state index in [-0.39, 0.29) is 0 Å². The van der Waals surface area contributed by atoms with Gasteiger partial charge in [0.1, 0.15) is 6.29 Å². The lowest BCUT2D eigenvalue weighted by Gasteiger charge is -2.06. The second kappa shape index (κ2) is 3.97. The molecule has 1 nitrogen and oxygen atoms in total. The first kappa shape index (κ1) is 9.47. The van der Waals surface area contributed by atoms with Crippen LogP contribution >= 0.6 is 11.6 Å². The first-order chi connectivity index (χ1) is 6.83. The van der Waals surface area contributed by atoms with Crippen LogP contribution in [0.5, 0.6) is 0 Å². The molecule has 0 unspecified atom stereocenters. The number of hydrogen-bond donors (Lipinski definition) is 0. The Balaban J connectivity index is 2.40. The van der Waals surface area contributed by atoms with Gasteiger partial charge >= 0.3 is 0 Å². The molecule has 0 N–H and O–H groups in total. The van der Waals surface area contributed by atoms with Crippen molar-refractivity contribution >= 4 is 23.5 Å². The fraction of sp³-hybridized carbons (Fsp3) is 0.250. The molecule has 0 radical (unpaired) electrons. The molecule has 0 bridgehead atoms. The Morgan fingerprint density at radius 3 is 2.64 bits per heavy atom. The number of allylic oxidation sites excluding steroid dienone is 2. The minimum Gasteiger partial charge on any atom is -0.299 e. The Bertz CT molecular complexity index is 378. The van der Waals surface area contributed by atoms with Crippen molar-refractivity contribution in [3.63, 3.8) is 0 Å². The highest BCUT2D eigenvalue weighted by Gasteiger charge is 2.27. The lowest BCUT2D eigenvalue weighted by Crippen LogP contribution is -1.88. The predicted octanol–water partition coefficient (Wildman–Crippen LogP) is 3.33. The van der Waals surface area contributed by atoms with Crippen molar-refractivity contribution in [1.82, 2.24) is 0 Å². The zero-order chi connectivity index (χ0) is 9.97. The van der Waals surface area contributed by atoms with Gasteiger partial charge in [-0.05, 0) is 42.0 Å². The summed E-state index contributed by atoms with van der Waals surface area (Å²) in [4.78, 5) is 10.5. The van der Waals surface area contributed by atoms with E-state index >= 15 is 0 Å². The molecule has 72 valence electrons. The van der Waals surface area contributed by atoms with Crippen LogP contribution in [0.1, 0.15) is 18.4 Å². The molecule has 1 aromatic rings. The second-order valence-electron chi connectivity index (χ2n) is 3.51. The van der Waals surface area contributed by atoms with E-state index in [0.29, 0.717) is 5.92 Å². The van der Waals surface area contributed by atoms with Gasteiger partial charge in [0.25, 0.3) is 0 Å². The number of carbonyl (C=O) groups is 1. The van der Waals surface area contributed by atoms with Crippen molar-refractivity contribution in [1.29, 1.82) is 0 Å². The molecule has 0 aromatic heterocycles. The molecule has 1 saturated carbocycles. The fourth-order valence-electron chi connectivity index (χ4n) is 1.61. The Hall–Kier alpha value is -1.08. The molecule has 0 spiro atoms. The van der Waals surface area contributed by atoms with Gasteiger partial charge in [0.05, 0.1) is 0 Å². The molecule has 1 aliphatic carbocycles. The van der Waals surface area contributed by atoms with Gasteiger partial charge in [-0.3, -0.25) is 4.79 Å². The van der Waals surface area contributed by atoms with Gasteiger partial charge in [0.15, 0.2) is 0 Å². The second-order valence-corrected chi connectivity index (χ2v) is 3.92. The summed E-state index contributed by atoms with van der Waals surface area (Å²) < 4.78 is 0. The van der Waals surface area contributed by atoms with E-state index in [2.05, 4.69) is 0 Å². The Morgan fingerprint density at radius 2 is 2.07 bits per heavy atom. The van der Waals surface area contributed by atoms with E-state index in [9.17, 15) is 4.79 Å². The summed E-state index contributed by atoms with van der Waals surface area (Å²) >= 11 is 6.07. The van der Waals surface area contributed by atoms with Crippen LogP contribution in [-0.4, -0.2) is 6.29 Å². The van der Waals surface area contributed by atoms with Crippen LogP contribution in [0.15, 0.2) is 30.3 Å². The van der Waals surface area contributed by atoms with Gasteiger partial charge < -0.3 is 0 Å². The Labute approximate surface area is 88.4 Å². The minimum atomic E-state index is 0.542. The van der Waals surface area contributed by atoms with Gasteiger partial charge in [0, 0.05) is 5.02 Å². The van der Waals surface area contributed by atoms with E-state index < -0.39 is 0 Å². The highest BCUT2D eigenvalue weighted by Crippen LogP contribution is 2.43. The first-order valence-corrected chi connectivity index (χ1v) is 5.11. The molecule has 1 fully saturated rings. The molecule has 2 rings (SSSR count). The van der Waals surface area contributed by atoms with Crippen molar-refractivity contribution in [2.75, 3.05) is 0 Å². The van der Waals surface area contributed by atoms with Crippen molar-refractivity contribution in [2.45, 2.75) is 12.8 Å². The monoisotopic (exact) mass is 206 g/mol. The molecule has 0 amide bonds. The normalized spacial score (nSPS) is 16.8. The van der Waals surface area contributed by atoms with Crippen LogP contribution in [-0.2, 0) is 4.79 Å². The maximum Gasteiger partial charge on any atom is 0.143 e. The molecule has 1 aromatic carbocycles. The summed E-state index contributed by atoms with van der Waals surface area (Å²) in [7, 11) is 0. The minimum absolute atomic E-state index is 0.542. The topological polar surface area (TPSA) is 17.1 Å². The molecular weight excluding hydrogens is 196 g/mol. The summed E-state index contributed by atoms with van der Waals surface area (Å²) in [5.74, 6) is 0.542. The maximum absolute atomic E-state index is 10.5. The molecule has 0 aliphatic heterocycles. The third-order valence-electron chi connectivity index (χ3n) is 2.45. The quantitative estimate of drug-likeness (QED) is 0.548. The molecule has 2 heteroatoms. The average molecular weight is 207 g/mol. The van der Waals surface area contributed by atoms with Gasteiger partial charge in [-0.15, -0.1) is 0 Å². The van der Waals surface area contributed by atoms with Crippen LogP contribution in [0.3, 0.4) is 0 Å². The molecule has 14 heavy (non-hydrogen) atoms. The largest absolute Gasteiger partial charge is 0.299 e. The smallest absolute Gasteiger partial charge is 0.143 e. The van der Waals surface area contributed by atoms with Crippen molar-refractivity contribution in [3.8, 4) is 0 Å². The lowest BCUT2D eigenvalue weighted by atomic mass is 10.0. The lowest BCUT2D eigenvalue weighted by molar-refractivity contribution is -0.104. The zero-order valence-electron chi connectivity index (χ0n) is 7.74. The maximum atomic E-state index is 10.5. The van der Waals surface area contributed by atoms with Crippen LogP contribution in [0, 0.1) is 5.92 Å². The van der Waals surface area contributed by atoms with E-state index in [1.54, 1.807) is 6.08 Å². The highest BCUT2D eigenvalue weighted by atomic mass is 35.5. The molecule has 1 aliphatic rings. The zero-order valence-corrected chi connectivity index (χ0v) is 8.50. The highest BCUT2D eigenvalue weighted by molar-refractivity contribution is 6.32. The third kappa shape index (κ3) is 1.88. The van der Waals surface area contributed by atoms with Crippen LogP contribution in [0.4, 0.5) is 0 Å². The van der Waals surface area contributed by atoms with E-state index in [1.165, 1.54) is 12.8 Å². The van der Waals surface area contributed by atoms with Gasteiger partial charge in [-0.1, -0.05) is 29.8 Å². The number of benzene rings is 1. The summed E-state index contributed by atoms with van der Waals surface area (Å²) in [5, 5.41) is 0.729. The Morgan fingerprint density at radius 1 is 1.36 bits per heavy atom. The number of aldehydes is 1. The van der Waals surface area contributed by atoms with Crippen LogP contribution in [0.2, 0.25) is 5.02 Å². The number of rotatable bonds is 3. The molecule has 0 heterocycles. The third-order valence-corrected chi connectivity index (χ3v) is 2.78. The first-order valence-electron chi connectivity index (χ1n) is 4.73. The summed E-state index contributed by atoms with van der Waals surface area (Å²) in [6, 6.07) is 7.67. The number of carbonyl (C=O) groups excluding carboxylic acids is 1. The Kier molecular flexibility index (Phi) is 2.69. The van der Waals surface area contributed by atoms with Gasteiger partial charge in [-0.25, -0.2) is 0 Å². The molecule has 0 saturated heterocycles. The van der Waals surface area contributed by atoms with Gasteiger partial charge in [0.2, 0.25) is 0 Å².